The van der Waals surface area contributed by atoms with Gasteiger partial charge in [0.15, 0.2) is 0 Å². The Morgan fingerprint density at radius 3 is 2.88 bits per heavy atom. The lowest BCUT2D eigenvalue weighted by atomic mass is 10.0. The molecule has 126 valence electrons. The van der Waals surface area contributed by atoms with Crippen molar-refractivity contribution in [3.63, 3.8) is 0 Å². The molecule has 1 unspecified atom stereocenters. The fourth-order valence-electron chi connectivity index (χ4n) is 3.10. The van der Waals surface area contributed by atoms with Crippen molar-refractivity contribution in [3.8, 4) is 5.75 Å². The Labute approximate surface area is 142 Å². The molecule has 5 nitrogen and oxygen atoms in total. The standard InChI is InChI=1S/C19H23N3O2/c1-24-16-8-4-7-15(12-16)22-11-5-6-14(13-22)21-19(23)17-9-2-3-10-18(17)20/h2-4,7-10,12,14H,5-6,11,13,20H2,1H3,(H,21,23). The minimum absolute atomic E-state index is 0.106. The van der Waals surface area contributed by atoms with Crippen molar-refractivity contribution < 1.29 is 9.53 Å². The number of nitrogens with two attached hydrogens (primary N) is 1. The van der Waals surface area contributed by atoms with E-state index in [1.165, 1.54) is 0 Å². The van der Waals surface area contributed by atoms with Gasteiger partial charge in [-0.15, -0.1) is 0 Å². The highest BCUT2D eigenvalue weighted by molar-refractivity contribution is 5.99. The number of rotatable bonds is 4. The number of nitrogens with zero attached hydrogens (tertiary/aromatic N) is 1. The molecule has 0 spiro atoms. The highest BCUT2D eigenvalue weighted by Crippen LogP contribution is 2.24. The summed E-state index contributed by atoms with van der Waals surface area (Å²) in [5.41, 5.74) is 8.06. The first-order valence-electron chi connectivity index (χ1n) is 8.22. The second kappa shape index (κ2) is 7.25. The van der Waals surface area contributed by atoms with Gasteiger partial charge >= 0.3 is 0 Å². The first kappa shape index (κ1) is 16.2. The number of anilines is 2. The molecule has 3 N–H and O–H groups in total. The molecule has 3 rings (SSSR count). The number of carbonyl (C=O) groups excluding carboxylic acids is 1. The fourth-order valence-corrected chi connectivity index (χ4v) is 3.10. The van der Waals surface area contributed by atoms with E-state index in [1.54, 1.807) is 19.2 Å². The van der Waals surface area contributed by atoms with Crippen molar-refractivity contribution in [1.82, 2.24) is 5.32 Å². The number of ether oxygens (including phenoxy) is 1. The Kier molecular flexibility index (Phi) is 4.89. The lowest BCUT2D eigenvalue weighted by Crippen LogP contribution is -2.48. The normalized spacial score (nSPS) is 17.4. The van der Waals surface area contributed by atoms with Crippen molar-refractivity contribution in [1.29, 1.82) is 0 Å². The van der Waals surface area contributed by atoms with Gasteiger partial charge in [-0.3, -0.25) is 4.79 Å². The third-order valence-corrected chi connectivity index (χ3v) is 4.38. The largest absolute Gasteiger partial charge is 0.497 e. The van der Waals surface area contributed by atoms with Gasteiger partial charge in [-0.05, 0) is 37.1 Å². The smallest absolute Gasteiger partial charge is 0.253 e. The summed E-state index contributed by atoms with van der Waals surface area (Å²) in [4.78, 5) is 14.7. The summed E-state index contributed by atoms with van der Waals surface area (Å²) in [6.07, 6.45) is 2.01. The van der Waals surface area contributed by atoms with E-state index < -0.39 is 0 Å². The molecule has 1 amide bonds. The summed E-state index contributed by atoms with van der Waals surface area (Å²) < 4.78 is 5.30. The number of carbonyl (C=O) groups is 1. The minimum atomic E-state index is -0.106. The number of hydrogen-bond acceptors (Lipinski definition) is 4. The Bertz CT molecular complexity index is 717. The van der Waals surface area contributed by atoms with Crippen LogP contribution in [0.5, 0.6) is 5.75 Å². The number of nitrogen functional groups attached to an aromatic ring is 1. The SMILES string of the molecule is COc1cccc(N2CCCC(NC(=O)c3ccccc3N)C2)c1. The van der Waals surface area contributed by atoms with Crippen LogP contribution in [0.4, 0.5) is 11.4 Å². The third-order valence-electron chi connectivity index (χ3n) is 4.38. The van der Waals surface area contributed by atoms with Crippen molar-refractivity contribution in [3.05, 3.63) is 54.1 Å². The number of piperidine rings is 1. The van der Waals surface area contributed by atoms with Gasteiger partial charge in [0.05, 0.1) is 12.7 Å². The maximum Gasteiger partial charge on any atom is 0.253 e. The second-order valence-electron chi connectivity index (χ2n) is 6.05. The third kappa shape index (κ3) is 3.62. The van der Waals surface area contributed by atoms with Gasteiger partial charge in [-0.2, -0.15) is 0 Å². The highest BCUT2D eigenvalue weighted by atomic mass is 16.5. The number of nitrogens with one attached hydrogen (secondary N) is 1. The van der Waals surface area contributed by atoms with Crippen molar-refractivity contribution in [2.24, 2.45) is 0 Å². The van der Waals surface area contributed by atoms with Crippen LogP contribution < -0.4 is 20.7 Å². The summed E-state index contributed by atoms with van der Waals surface area (Å²) in [6.45, 7) is 1.76. The van der Waals surface area contributed by atoms with Gasteiger partial charge in [0, 0.05) is 36.6 Å². The molecule has 2 aromatic rings. The van der Waals surface area contributed by atoms with E-state index in [4.69, 9.17) is 10.5 Å². The van der Waals surface area contributed by atoms with E-state index in [9.17, 15) is 4.79 Å². The zero-order valence-corrected chi connectivity index (χ0v) is 13.9. The van der Waals surface area contributed by atoms with Crippen LogP contribution in [0, 0.1) is 0 Å². The van der Waals surface area contributed by atoms with Crippen molar-refractivity contribution in [2.75, 3.05) is 30.8 Å². The lowest BCUT2D eigenvalue weighted by molar-refractivity contribution is 0.0934. The summed E-state index contributed by atoms with van der Waals surface area (Å²) in [5, 5.41) is 3.11. The summed E-state index contributed by atoms with van der Waals surface area (Å²) in [7, 11) is 1.67. The van der Waals surface area contributed by atoms with E-state index in [0.29, 0.717) is 11.3 Å². The highest BCUT2D eigenvalue weighted by Gasteiger charge is 2.23. The number of amides is 1. The second-order valence-corrected chi connectivity index (χ2v) is 6.05. The van der Waals surface area contributed by atoms with Gasteiger partial charge in [0.2, 0.25) is 0 Å². The van der Waals surface area contributed by atoms with Crippen molar-refractivity contribution >= 4 is 17.3 Å². The zero-order chi connectivity index (χ0) is 16.9. The molecular formula is C19H23N3O2. The van der Waals surface area contributed by atoms with E-state index in [2.05, 4.69) is 16.3 Å². The van der Waals surface area contributed by atoms with Crippen LogP contribution in [0.3, 0.4) is 0 Å². The van der Waals surface area contributed by atoms with Gasteiger partial charge in [-0.25, -0.2) is 0 Å². The average molecular weight is 325 g/mol. The molecule has 2 aromatic carbocycles. The Morgan fingerprint density at radius 1 is 1.25 bits per heavy atom. The van der Waals surface area contributed by atoms with Crippen LogP contribution in [0.1, 0.15) is 23.2 Å². The average Bonchev–Trinajstić information content (AvgIpc) is 2.62. The quantitative estimate of drug-likeness (QED) is 0.848. The van der Waals surface area contributed by atoms with Crippen LogP contribution in [-0.4, -0.2) is 32.1 Å². The topological polar surface area (TPSA) is 67.6 Å². The first-order chi connectivity index (χ1) is 11.7. The Balaban J connectivity index is 1.67. The molecule has 0 saturated carbocycles. The molecule has 5 heteroatoms. The van der Waals surface area contributed by atoms with E-state index in [0.717, 1.165) is 37.4 Å². The van der Waals surface area contributed by atoms with E-state index in [1.807, 2.05) is 30.3 Å². The first-order valence-corrected chi connectivity index (χ1v) is 8.22. The van der Waals surface area contributed by atoms with Crippen LogP contribution in [0.25, 0.3) is 0 Å². The maximum atomic E-state index is 12.4. The summed E-state index contributed by atoms with van der Waals surface area (Å²) in [5.74, 6) is 0.737. The van der Waals surface area contributed by atoms with Crippen LogP contribution in [-0.2, 0) is 0 Å². The fraction of sp³-hybridized carbons (Fsp3) is 0.316. The molecule has 0 aliphatic carbocycles. The number of hydrogen-bond donors (Lipinski definition) is 2. The molecule has 1 atom stereocenters. The number of para-hydroxylation sites is 1. The van der Waals surface area contributed by atoms with Gasteiger partial charge in [0.25, 0.3) is 5.91 Å². The van der Waals surface area contributed by atoms with Crippen LogP contribution in [0.2, 0.25) is 0 Å². The molecule has 24 heavy (non-hydrogen) atoms. The molecule has 1 heterocycles. The predicted molar refractivity (Wildman–Crippen MR) is 96.5 cm³/mol. The molecular weight excluding hydrogens is 302 g/mol. The molecule has 1 aliphatic rings. The summed E-state index contributed by atoms with van der Waals surface area (Å²) in [6, 6.07) is 15.3. The van der Waals surface area contributed by atoms with Crippen LogP contribution >= 0.6 is 0 Å². The van der Waals surface area contributed by atoms with Gasteiger partial charge in [-0.1, -0.05) is 18.2 Å². The maximum absolute atomic E-state index is 12.4. The molecule has 0 aromatic heterocycles. The minimum Gasteiger partial charge on any atom is -0.497 e. The molecule has 0 bridgehead atoms. The number of methoxy groups -OCH3 is 1. The molecule has 1 aliphatic heterocycles. The zero-order valence-electron chi connectivity index (χ0n) is 13.9. The lowest BCUT2D eigenvalue weighted by Gasteiger charge is -2.35. The molecule has 1 saturated heterocycles. The monoisotopic (exact) mass is 325 g/mol. The molecule has 0 radical (unpaired) electrons. The van der Waals surface area contributed by atoms with E-state index >= 15 is 0 Å². The van der Waals surface area contributed by atoms with E-state index in [-0.39, 0.29) is 11.9 Å². The van der Waals surface area contributed by atoms with Crippen molar-refractivity contribution in [2.45, 2.75) is 18.9 Å². The van der Waals surface area contributed by atoms with Gasteiger partial charge in [0.1, 0.15) is 5.75 Å². The molecule has 1 fully saturated rings. The Morgan fingerprint density at radius 2 is 2.08 bits per heavy atom. The summed E-state index contributed by atoms with van der Waals surface area (Å²) >= 11 is 0. The predicted octanol–water partition coefficient (Wildman–Crippen LogP) is 2.68. The number of benzene rings is 2. The Hall–Kier alpha value is -2.69. The van der Waals surface area contributed by atoms with Gasteiger partial charge < -0.3 is 20.7 Å². The van der Waals surface area contributed by atoms with Crippen LogP contribution in [0.15, 0.2) is 48.5 Å².